The monoisotopic (exact) mass is 324 g/mol. The Morgan fingerprint density at radius 3 is 2.79 bits per heavy atom. The van der Waals surface area contributed by atoms with Crippen molar-refractivity contribution in [3.8, 4) is 5.75 Å². The maximum Gasteiger partial charge on any atom is 0.255 e. The van der Waals surface area contributed by atoms with E-state index in [-0.39, 0.29) is 5.56 Å². The van der Waals surface area contributed by atoms with E-state index in [1.165, 1.54) is 12.3 Å². The third-order valence-electron chi connectivity index (χ3n) is 2.40. The molecule has 0 saturated heterocycles. The maximum atomic E-state index is 12.9. The molecule has 1 aromatic heterocycles. The number of ether oxygens (including phenoxy) is 1. The summed E-state index contributed by atoms with van der Waals surface area (Å²) in [5.41, 5.74) is 0.786. The van der Waals surface area contributed by atoms with E-state index in [0.717, 1.165) is 6.07 Å². The highest BCUT2D eigenvalue weighted by atomic mass is 79.9. The van der Waals surface area contributed by atoms with Crippen molar-refractivity contribution in [3.05, 3.63) is 52.5 Å². The number of carbonyl (C=O) groups is 1. The van der Waals surface area contributed by atoms with Crippen molar-refractivity contribution in [3.63, 3.8) is 0 Å². The summed E-state index contributed by atoms with van der Waals surface area (Å²) in [6.45, 7) is 0. The lowest BCUT2D eigenvalue weighted by Gasteiger charge is -2.08. The van der Waals surface area contributed by atoms with E-state index < -0.39 is 11.9 Å². The van der Waals surface area contributed by atoms with Crippen LogP contribution in [0.3, 0.4) is 0 Å². The number of halogens is 2. The van der Waals surface area contributed by atoms with Crippen molar-refractivity contribution < 1.29 is 13.9 Å². The first kappa shape index (κ1) is 13.5. The number of aromatic nitrogens is 1. The zero-order valence-corrected chi connectivity index (χ0v) is 11.6. The minimum atomic E-state index is -0.691. The Kier molecular flexibility index (Phi) is 4.11. The van der Waals surface area contributed by atoms with Gasteiger partial charge in [0, 0.05) is 23.5 Å². The van der Waals surface area contributed by atoms with E-state index in [0.29, 0.717) is 15.9 Å². The van der Waals surface area contributed by atoms with Gasteiger partial charge in [-0.2, -0.15) is 4.39 Å². The first-order chi connectivity index (χ1) is 9.10. The van der Waals surface area contributed by atoms with Crippen LogP contribution in [0.1, 0.15) is 10.4 Å². The minimum absolute atomic E-state index is 0.208. The van der Waals surface area contributed by atoms with Crippen LogP contribution in [0.25, 0.3) is 0 Å². The molecular formula is C13H10BrFN2O2. The topological polar surface area (TPSA) is 51.2 Å². The van der Waals surface area contributed by atoms with Gasteiger partial charge in [0.2, 0.25) is 5.95 Å². The second-order valence-corrected chi connectivity index (χ2v) is 4.53. The molecule has 0 unspecified atom stereocenters. The summed E-state index contributed by atoms with van der Waals surface area (Å²) in [6.07, 6.45) is 1.24. The largest absolute Gasteiger partial charge is 0.496 e. The maximum absolute atomic E-state index is 12.9. The Morgan fingerprint density at radius 1 is 1.37 bits per heavy atom. The number of rotatable bonds is 3. The summed E-state index contributed by atoms with van der Waals surface area (Å²) < 4.78 is 18.7. The van der Waals surface area contributed by atoms with Crippen LogP contribution >= 0.6 is 15.9 Å². The third kappa shape index (κ3) is 3.29. The molecule has 0 fully saturated rings. The Morgan fingerprint density at radius 2 is 2.16 bits per heavy atom. The molecule has 1 aromatic carbocycles. The van der Waals surface area contributed by atoms with E-state index in [1.807, 2.05) is 0 Å². The molecule has 4 nitrogen and oxygen atoms in total. The Bertz CT molecular complexity index is 619. The van der Waals surface area contributed by atoms with Gasteiger partial charge in [0.15, 0.2) is 0 Å². The summed E-state index contributed by atoms with van der Waals surface area (Å²) in [5, 5.41) is 2.66. The highest BCUT2D eigenvalue weighted by Crippen LogP contribution is 2.27. The Labute approximate surface area is 117 Å². The normalized spacial score (nSPS) is 10.1. The zero-order chi connectivity index (χ0) is 13.8. The average Bonchev–Trinajstić information content (AvgIpc) is 2.39. The van der Waals surface area contributed by atoms with Crippen molar-refractivity contribution >= 4 is 27.5 Å². The first-order valence-electron chi connectivity index (χ1n) is 5.36. The predicted octanol–water partition coefficient (Wildman–Crippen LogP) is 3.24. The van der Waals surface area contributed by atoms with Crippen LogP contribution in [0.15, 0.2) is 41.0 Å². The summed E-state index contributed by atoms with van der Waals surface area (Å²) >= 11 is 3.32. The molecule has 0 bridgehead atoms. The molecular weight excluding hydrogens is 315 g/mol. The molecule has 19 heavy (non-hydrogen) atoms. The lowest BCUT2D eigenvalue weighted by molar-refractivity contribution is 0.102. The molecule has 0 saturated carbocycles. The van der Waals surface area contributed by atoms with E-state index in [2.05, 4.69) is 26.2 Å². The molecule has 6 heteroatoms. The van der Waals surface area contributed by atoms with Gasteiger partial charge in [0.25, 0.3) is 5.91 Å². The van der Waals surface area contributed by atoms with Crippen LogP contribution in [0.2, 0.25) is 0 Å². The first-order valence-corrected chi connectivity index (χ1v) is 6.16. The van der Waals surface area contributed by atoms with Gasteiger partial charge >= 0.3 is 0 Å². The SMILES string of the molecule is COc1ccc(NC(=O)c2ccnc(F)c2)cc1Br. The lowest BCUT2D eigenvalue weighted by atomic mass is 10.2. The van der Waals surface area contributed by atoms with Crippen LogP contribution in [-0.2, 0) is 0 Å². The smallest absolute Gasteiger partial charge is 0.255 e. The van der Waals surface area contributed by atoms with Gasteiger partial charge in [0.1, 0.15) is 5.75 Å². The number of hydrogen-bond donors (Lipinski definition) is 1. The number of methoxy groups -OCH3 is 1. The van der Waals surface area contributed by atoms with Gasteiger partial charge in [-0.25, -0.2) is 4.98 Å². The fourth-order valence-electron chi connectivity index (χ4n) is 1.49. The fourth-order valence-corrected chi connectivity index (χ4v) is 2.03. The third-order valence-corrected chi connectivity index (χ3v) is 3.02. The summed E-state index contributed by atoms with van der Waals surface area (Å²) in [5.74, 6) is -0.435. The number of pyridine rings is 1. The molecule has 1 amide bonds. The molecule has 2 rings (SSSR count). The molecule has 0 aliphatic heterocycles. The van der Waals surface area contributed by atoms with Gasteiger partial charge in [-0.15, -0.1) is 0 Å². The second-order valence-electron chi connectivity index (χ2n) is 3.67. The molecule has 0 aliphatic carbocycles. The number of benzene rings is 1. The zero-order valence-electron chi connectivity index (χ0n) is 9.98. The van der Waals surface area contributed by atoms with Crippen molar-refractivity contribution in [2.75, 3.05) is 12.4 Å². The lowest BCUT2D eigenvalue weighted by Crippen LogP contribution is -2.12. The van der Waals surface area contributed by atoms with Gasteiger partial charge in [-0.1, -0.05) is 0 Å². The molecule has 0 aliphatic rings. The highest BCUT2D eigenvalue weighted by molar-refractivity contribution is 9.10. The van der Waals surface area contributed by atoms with E-state index in [1.54, 1.807) is 25.3 Å². The molecule has 1 heterocycles. The van der Waals surface area contributed by atoms with Crippen molar-refractivity contribution in [1.82, 2.24) is 4.98 Å². The molecule has 0 radical (unpaired) electrons. The molecule has 0 spiro atoms. The molecule has 98 valence electrons. The number of carbonyl (C=O) groups excluding carboxylic acids is 1. The fraction of sp³-hybridized carbons (Fsp3) is 0.0769. The van der Waals surface area contributed by atoms with Gasteiger partial charge in [-0.05, 0) is 40.2 Å². The van der Waals surface area contributed by atoms with Gasteiger partial charge < -0.3 is 10.1 Å². The van der Waals surface area contributed by atoms with E-state index >= 15 is 0 Å². The van der Waals surface area contributed by atoms with Crippen LogP contribution in [-0.4, -0.2) is 18.0 Å². The van der Waals surface area contributed by atoms with Crippen LogP contribution in [0.5, 0.6) is 5.75 Å². The van der Waals surface area contributed by atoms with Crippen LogP contribution in [0.4, 0.5) is 10.1 Å². The molecule has 1 N–H and O–H groups in total. The second kappa shape index (κ2) is 5.79. The van der Waals surface area contributed by atoms with E-state index in [9.17, 15) is 9.18 Å². The summed E-state index contributed by atoms with van der Waals surface area (Å²) in [6, 6.07) is 7.63. The number of nitrogens with one attached hydrogen (secondary N) is 1. The minimum Gasteiger partial charge on any atom is -0.496 e. The van der Waals surface area contributed by atoms with E-state index in [4.69, 9.17) is 4.74 Å². The summed E-state index contributed by atoms with van der Waals surface area (Å²) in [7, 11) is 1.55. The number of anilines is 1. The van der Waals surface area contributed by atoms with Crippen molar-refractivity contribution in [1.29, 1.82) is 0 Å². The Balaban J connectivity index is 2.17. The van der Waals surface area contributed by atoms with Gasteiger partial charge in [-0.3, -0.25) is 4.79 Å². The Hall–Kier alpha value is -1.95. The standard InChI is InChI=1S/C13H10BrFN2O2/c1-19-11-3-2-9(7-10(11)14)17-13(18)8-4-5-16-12(15)6-8/h2-7H,1H3,(H,17,18). The van der Waals surface area contributed by atoms with Crippen LogP contribution in [0, 0.1) is 5.95 Å². The van der Waals surface area contributed by atoms with Crippen molar-refractivity contribution in [2.24, 2.45) is 0 Å². The molecule has 2 aromatic rings. The quantitative estimate of drug-likeness (QED) is 0.882. The number of nitrogens with zero attached hydrogens (tertiary/aromatic N) is 1. The molecule has 0 atom stereocenters. The van der Waals surface area contributed by atoms with Crippen LogP contribution < -0.4 is 10.1 Å². The number of amides is 1. The van der Waals surface area contributed by atoms with Gasteiger partial charge in [0.05, 0.1) is 11.6 Å². The summed E-state index contributed by atoms with van der Waals surface area (Å²) in [4.78, 5) is 15.3. The predicted molar refractivity (Wildman–Crippen MR) is 72.8 cm³/mol. The number of hydrogen-bond acceptors (Lipinski definition) is 3. The average molecular weight is 325 g/mol. The highest BCUT2D eigenvalue weighted by Gasteiger charge is 2.08. The van der Waals surface area contributed by atoms with Crippen molar-refractivity contribution in [2.45, 2.75) is 0 Å².